The SMILES string of the molecule is Cc1ccc(S(=O)(=O)n2c3ccccc3c3c4ccccc4c4ccccc4c32)cc1. The van der Waals surface area contributed by atoms with Gasteiger partial charge in [0.25, 0.3) is 10.0 Å². The van der Waals surface area contributed by atoms with Crippen LogP contribution in [0.2, 0.25) is 0 Å². The van der Waals surface area contributed by atoms with Gasteiger partial charge in [-0.2, -0.15) is 0 Å². The van der Waals surface area contributed by atoms with Gasteiger partial charge in [-0.25, -0.2) is 12.4 Å². The summed E-state index contributed by atoms with van der Waals surface area (Å²) in [5, 5.41) is 6.08. The third-order valence-corrected chi connectivity index (χ3v) is 7.79. The summed E-state index contributed by atoms with van der Waals surface area (Å²) in [6.07, 6.45) is 0. The molecule has 5 aromatic carbocycles. The van der Waals surface area contributed by atoms with Crippen LogP contribution in [0.4, 0.5) is 0 Å². The smallest absolute Gasteiger partial charge is 0.233 e. The average molecular weight is 422 g/mol. The summed E-state index contributed by atoms with van der Waals surface area (Å²) >= 11 is 0. The fourth-order valence-electron chi connectivity index (χ4n) is 4.65. The van der Waals surface area contributed by atoms with E-state index in [1.807, 2.05) is 73.7 Å². The zero-order valence-electron chi connectivity index (χ0n) is 16.9. The predicted octanol–water partition coefficient (Wildman–Crippen LogP) is 6.65. The predicted molar refractivity (Wildman–Crippen MR) is 128 cm³/mol. The first kappa shape index (κ1) is 18.2. The average Bonchev–Trinajstić information content (AvgIpc) is 3.16. The molecule has 150 valence electrons. The van der Waals surface area contributed by atoms with E-state index < -0.39 is 10.0 Å². The van der Waals surface area contributed by atoms with Gasteiger partial charge in [0.05, 0.1) is 15.9 Å². The van der Waals surface area contributed by atoms with Crippen molar-refractivity contribution in [2.24, 2.45) is 0 Å². The van der Waals surface area contributed by atoms with Gasteiger partial charge >= 0.3 is 0 Å². The monoisotopic (exact) mass is 421 g/mol. The first-order chi connectivity index (χ1) is 15.1. The molecule has 6 rings (SSSR count). The van der Waals surface area contributed by atoms with Gasteiger partial charge in [0.2, 0.25) is 0 Å². The van der Waals surface area contributed by atoms with Crippen LogP contribution >= 0.6 is 0 Å². The Morgan fingerprint density at radius 3 is 1.77 bits per heavy atom. The molecule has 1 aromatic heterocycles. The van der Waals surface area contributed by atoms with Crippen LogP contribution in [0.3, 0.4) is 0 Å². The molecule has 0 fully saturated rings. The van der Waals surface area contributed by atoms with E-state index >= 15 is 0 Å². The molecular formula is C27H19NO2S. The largest absolute Gasteiger partial charge is 0.268 e. The number of aromatic nitrogens is 1. The van der Waals surface area contributed by atoms with Crippen molar-refractivity contribution in [3.8, 4) is 0 Å². The molecule has 0 aliphatic rings. The second-order valence-electron chi connectivity index (χ2n) is 7.91. The molecule has 0 amide bonds. The Labute approximate surface area is 180 Å². The number of aryl methyl sites for hydroxylation is 1. The van der Waals surface area contributed by atoms with Crippen molar-refractivity contribution in [2.45, 2.75) is 11.8 Å². The Balaban J connectivity index is 1.93. The highest BCUT2D eigenvalue weighted by atomic mass is 32.2. The minimum absolute atomic E-state index is 0.290. The molecule has 31 heavy (non-hydrogen) atoms. The molecule has 0 saturated carbocycles. The van der Waals surface area contributed by atoms with Gasteiger partial charge in [-0.05, 0) is 41.3 Å². The zero-order valence-corrected chi connectivity index (χ0v) is 17.7. The van der Waals surface area contributed by atoms with Crippen molar-refractivity contribution in [2.75, 3.05) is 0 Å². The Morgan fingerprint density at radius 2 is 1.10 bits per heavy atom. The Kier molecular flexibility index (Phi) is 3.77. The van der Waals surface area contributed by atoms with Crippen molar-refractivity contribution < 1.29 is 8.42 Å². The van der Waals surface area contributed by atoms with Gasteiger partial charge in [-0.1, -0.05) is 84.4 Å². The number of nitrogens with zero attached hydrogens (tertiary/aromatic N) is 1. The van der Waals surface area contributed by atoms with Crippen LogP contribution in [0, 0.1) is 6.92 Å². The standard InChI is InChI=1S/C27H19NO2S/c1-18-14-16-19(17-15-18)31(29,30)28-25-13-7-6-12-24(25)26-22-10-4-2-8-20(22)21-9-3-5-11-23(21)27(26)28/h2-17H,1H3. The van der Waals surface area contributed by atoms with Gasteiger partial charge in [0.15, 0.2) is 0 Å². The minimum Gasteiger partial charge on any atom is -0.233 e. The molecule has 0 bridgehead atoms. The molecule has 0 unspecified atom stereocenters. The van der Waals surface area contributed by atoms with Gasteiger partial charge in [-0.3, -0.25) is 0 Å². The summed E-state index contributed by atoms with van der Waals surface area (Å²) in [6, 6.07) is 31.1. The maximum absolute atomic E-state index is 14.0. The highest BCUT2D eigenvalue weighted by Gasteiger charge is 2.26. The van der Waals surface area contributed by atoms with Crippen LogP contribution in [0.1, 0.15) is 5.56 Å². The summed E-state index contributed by atoms with van der Waals surface area (Å²) in [5.74, 6) is 0. The fourth-order valence-corrected chi connectivity index (χ4v) is 6.19. The first-order valence-corrected chi connectivity index (χ1v) is 11.7. The zero-order chi connectivity index (χ0) is 21.2. The number of benzene rings is 5. The maximum Gasteiger partial charge on any atom is 0.268 e. The molecule has 0 saturated heterocycles. The molecule has 0 N–H and O–H groups in total. The van der Waals surface area contributed by atoms with Gasteiger partial charge in [-0.15, -0.1) is 0 Å². The summed E-state index contributed by atoms with van der Waals surface area (Å²) in [6.45, 7) is 1.95. The quantitative estimate of drug-likeness (QED) is 0.294. The number of hydrogen-bond donors (Lipinski definition) is 0. The van der Waals surface area contributed by atoms with Crippen LogP contribution < -0.4 is 0 Å². The van der Waals surface area contributed by atoms with Crippen LogP contribution in [-0.2, 0) is 10.0 Å². The first-order valence-electron chi connectivity index (χ1n) is 10.2. The highest BCUT2D eigenvalue weighted by Crippen LogP contribution is 2.42. The van der Waals surface area contributed by atoms with Gasteiger partial charge in [0, 0.05) is 16.2 Å². The van der Waals surface area contributed by atoms with Crippen LogP contribution in [0.15, 0.2) is 102 Å². The molecular weight excluding hydrogens is 402 g/mol. The highest BCUT2D eigenvalue weighted by molar-refractivity contribution is 7.90. The number of para-hydroxylation sites is 1. The van der Waals surface area contributed by atoms with Crippen LogP contribution in [0.5, 0.6) is 0 Å². The Bertz CT molecular complexity index is 1740. The van der Waals surface area contributed by atoms with Crippen LogP contribution in [-0.4, -0.2) is 12.4 Å². The minimum atomic E-state index is -3.81. The van der Waals surface area contributed by atoms with Crippen molar-refractivity contribution >= 4 is 53.4 Å². The summed E-state index contributed by atoms with van der Waals surface area (Å²) in [4.78, 5) is 0.290. The topological polar surface area (TPSA) is 39.1 Å². The number of rotatable bonds is 2. The molecule has 4 heteroatoms. The lowest BCUT2D eigenvalue weighted by molar-refractivity contribution is 0.590. The third kappa shape index (κ3) is 2.49. The van der Waals surface area contributed by atoms with Crippen molar-refractivity contribution in [3.63, 3.8) is 0 Å². The van der Waals surface area contributed by atoms with Gasteiger partial charge < -0.3 is 0 Å². The van der Waals surface area contributed by atoms with E-state index in [1.165, 1.54) is 3.97 Å². The van der Waals surface area contributed by atoms with Crippen molar-refractivity contribution in [1.29, 1.82) is 0 Å². The number of fused-ring (bicyclic) bond motifs is 8. The van der Waals surface area contributed by atoms with Gasteiger partial charge in [0.1, 0.15) is 0 Å². The van der Waals surface area contributed by atoms with E-state index in [2.05, 4.69) is 18.2 Å². The van der Waals surface area contributed by atoms with E-state index in [-0.39, 0.29) is 4.90 Å². The molecule has 0 aliphatic heterocycles. The maximum atomic E-state index is 14.0. The lowest BCUT2D eigenvalue weighted by Gasteiger charge is -2.13. The summed E-state index contributed by atoms with van der Waals surface area (Å²) in [7, 11) is -3.81. The second kappa shape index (κ2) is 6.43. The van der Waals surface area contributed by atoms with Crippen molar-refractivity contribution in [3.05, 3.63) is 103 Å². The molecule has 1 heterocycles. The Morgan fingerprint density at radius 1 is 0.581 bits per heavy atom. The van der Waals surface area contributed by atoms with E-state index in [4.69, 9.17) is 0 Å². The van der Waals surface area contributed by atoms with E-state index in [1.54, 1.807) is 12.1 Å². The number of hydrogen-bond acceptors (Lipinski definition) is 2. The van der Waals surface area contributed by atoms with E-state index in [0.717, 1.165) is 43.4 Å². The summed E-state index contributed by atoms with van der Waals surface area (Å²) in [5.41, 5.74) is 2.45. The fraction of sp³-hybridized carbons (Fsp3) is 0.0370. The Hall–Kier alpha value is -3.63. The summed E-state index contributed by atoms with van der Waals surface area (Å²) < 4.78 is 29.5. The lowest BCUT2D eigenvalue weighted by Crippen LogP contribution is -2.13. The molecule has 6 aromatic rings. The van der Waals surface area contributed by atoms with E-state index in [9.17, 15) is 8.42 Å². The van der Waals surface area contributed by atoms with E-state index in [0.29, 0.717) is 5.52 Å². The second-order valence-corrected chi connectivity index (χ2v) is 9.70. The third-order valence-electron chi connectivity index (χ3n) is 6.06. The lowest BCUT2D eigenvalue weighted by atomic mass is 9.97. The molecule has 3 nitrogen and oxygen atoms in total. The van der Waals surface area contributed by atoms with Crippen molar-refractivity contribution in [1.82, 2.24) is 3.97 Å². The molecule has 0 aliphatic carbocycles. The molecule has 0 spiro atoms. The van der Waals surface area contributed by atoms with Crippen LogP contribution in [0.25, 0.3) is 43.4 Å². The molecule has 0 atom stereocenters. The normalized spacial score (nSPS) is 12.3. The molecule has 0 radical (unpaired) electrons.